The van der Waals surface area contributed by atoms with E-state index in [0.29, 0.717) is 5.88 Å². The Labute approximate surface area is 154 Å². The Morgan fingerprint density at radius 3 is 2.46 bits per heavy atom. The predicted octanol–water partition coefficient (Wildman–Crippen LogP) is 5.44. The molecular weight excluding hydrogens is 366 g/mol. The van der Waals surface area contributed by atoms with Crippen molar-refractivity contribution in [3.05, 3.63) is 40.5 Å². The van der Waals surface area contributed by atoms with Crippen molar-refractivity contribution in [2.24, 2.45) is 4.99 Å². The molecule has 0 aromatic carbocycles. The standard InChI is InChI=1S/C19H28BrN3O/c1-8-23(7)12-21-18-11-17(20)19(22-15(18)6)24-16(9-13(2)3)10-14(4)5/h11-12,16H,2,4,8-10H2,1,3,5-7H3. The van der Waals surface area contributed by atoms with Gasteiger partial charge >= 0.3 is 0 Å². The summed E-state index contributed by atoms with van der Waals surface area (Å²) in [6, 6.07) is 1.94. The molecule has 1 rings (SSSR count). The van der Waals surface area contributed by atoms with Crippen molar-refractivity contribution < 1.29 is 4.74 Å². The first-order chi connectivity index (χ1) is 11.2. The molecule has 0 aliphatic heterocycles. The van der Waals surface area contributed by atoms with Crippen molar-refractivity contribution in [1.82, 2.24) is 9.88 Å². The van der Waals surface area contributed by atoms with Crippen LogP contribution >= 0.6 is 15.9 Å². The van der Waals surface area contributed by atoms with E-state index in [-0.39, 0.29) is 6.10 Å². The molecule has 5 heteroatoms. The van der Waals surface area contributed by atoms with Gasteiger partial charge in [0.2, 0.25) is 5.88 Å². The molecule has 1 aromatic heterocycles. The Morgan fingerprint density at radius 2 is 1.96 bits per heavy atom. The molecule has 0 N–H and O–H groups in total. The lowest BCUT2D eigenvalue weighted by molar-refractivity contribution is 0.192. The molecular formula is C19H28BrN3O. The molecule has 0 aliphatic carbocycles. The van der Waals surface area contributed by atoms with Crippen LogP contribution in [0.2, 0.25) is 0 Å². The minimum absolute atomic E-state index is 0.0104. The Kier molecular flexibility index (Phi) is 8.19. The summed E-state index contributed by atoms with van der Waals surface area (Å²) < 4.78 is 6.91. The van der Waals surface area contributed by atoms with Gasteiger partial charge < -0.3 is 9.64 Å². The molecule has 0 unspecified atom stereocenters. The van der Waals surface area contributed by atoms with Crippen LogP contribution in [-0.4, -0.2) is 35.9 Å². The van der Waals surface area contributed by atoms with Crippen molar-refractivity contribution in [2.75, 3.05) is 13.6 Å². The SMILES string of the molecule is C=C(C)CC(CC(=C)C)Oc1nc(C)c(N=CN(C)CC)cc1Br. The van der Waals surface area contributed by atoms with Gasteiger partial charge in [0.1, 0.15) is 6.10 Å². The third-order valence-electron chi connectivity index (χ3n) is 3.43. The monoisotopic (exact) mass is 393 g/mol. The summed E-state index contributed by atoms with van der Waals surface area (Å²) in [6.07, 6.45) is 3.36. The van der Waals surface area contributed by atoms with Gasteiger partial charge in [-0.2, -0.15) is 0 Å². The first kappa shape index (κ1) is 20.4. The number of aromatic nitrogens is 1. The average molecular weight is 394 g/mol. The van der Waals surface area contributed by atoms with Gasteiger partial charge in [-0.3, -0.25) is 0 Å². The van der Waals surface area contributed by atoms with E-state index in [9.17, 15) is 0 Å². The molecule has 1 heterocycles. The van der Waals surface area contributed by atoms with Crippen LogP contribution in [0.1, 0.15) is 39.3 Å². The van der Waals surface area contributed by atoms with Gasteiger partial charge in [0.25, 0.3) is 0 Å². The minimum Gasteiger partial charge on any atom is -0.473 e. The molecule has 0 saturated carbocycles. The van der Waals surface area contributed by atoms with Crippen molar-refractivity contribution in [1.29, 1.82) is 0 Å². The molecule has 1 aromatic rings. The van der Waals surface area contributed by atoms with Gasteiger partial charge in [0, 0.05) is 26.4 Å². The van der Waals surface area contributed by atoms with E-state index in [0.717, 1.165) is 46.4 Å². The molecule has 0 saturated heterocycles. The van der Waals surface area contributed by atoms with Crippen molar-refractivity contribution >= 4 is 28.0 Å². The summed E-state index contributed by atoms with van der Waals surface area (Å²) >= 11 is 3.55. The Hall–Kier alpha value is -1.62. The Bertz CT molecular complexity index is 609. The van der Waals surface area contributed by atoms with Crippen LogP contribution in [0.15, 0.2) is 39.8 Å². The quantitative estimate of drug-likeness (QED) is 0.318. The molecule has 0 aliphatic rings. The van der Waals surface area contributed by atoms with Crippen LogP contribution in [0.4, 0.5) is 5.69 Å². The molecule has 0 bridgehead atoms. The van der Waals surface area contributed by atoms with Crippen molar-refractivity contribution in [3.63, 3.8) is 0 Å². The zero-order valence-corrected chi connectivity index (χ0v) is 17.0. The number of hydrogen-bond donors (Lipinski definition) is 0. The minimum atomic E-state index is -0.0104. The van der Waals surface area contributed by atoms with Crippen LogP contribution in [0.25, 0.3) is 0 Å². The Balaban J connectivity index is 2.99. The van der Waals surface area contributed by atoms with Gasteiger partial charge in [0.15, 0.2) is 0 Å². The van der Waals surface area contributed by atoms with E-state index in [1.807, 2.05) is 45.1 Å². The van der Waals surface area contributed by atoms with E-state index >= 15 is 0 Å². The second-order valence-electron chi connectivity index (χ2n) is 6.26. The third kappa shape index (κ3) is 6.87. The Morgan fingerprint density at radius 1 is 1.38 bits per heavy atom. The van der Waals surface area contributed by atoms with E-state index in [2.05, 4.69) is 46.0 Å². The van der Waals surface area contributed by atoms with Crippen LogP contribution in [0.3, 0.4) is 0 Å². The summed E-state index contributed by atoms with van der Waals surface area (Å²) in [5.41, 5.74) is 3.82. The van der Waals surface area contributed by atoms with Crippen LogP contribution in [0, 0.1) is 6.92 Å². The van der Waals surface area contributed by atoms with Crippen LogP contribution < -0.4 is 4.74 Å². The van der Waals surface area contributed by atoms with Gasteiger partial charge in [-0.05, 0) is 49.7 Å². The first-order valence-corrected chi connectivity index (χ1v) is 8.89. The van der Waals surface area contributed by atoms with E-state index in [4.69, 9.17) is 4.74 Å². The zero-order valence-electron chi connectivity index (χ0n) is 15.4. The predicted molar refractivity (Wildman–Crippen MR) is 106 cm³/mol. The lowest BCUT2D eigenvalue weighted by Gasteiger charge is -2.20. The van der Waals surface area contributed by atoms with Crippen molar-refractivity contribution in [2.45, 2.75) is 46.6 Å². The van der Waals surface area contributed by atoms with Gasteiger partial charge in [0.05, 0.1) is 22.2 Å². The number of halogens is 1. The lowest BCUT2D eigenvalue weighted by Crippen LogP contribution is -2.18. The fourth-order valence-corrected chi connectivity index (χ4v) is 2.49. The normalized spacial score (nSPS) is 11.1. The molecule has 0 amide bonds. The fraction of sp³-hybridized carbons (Fsp3) is 0.474. The lowest BCUT2D eigenvalue weighted by atomic mass is 10.0. The molecule has 132 valence electrons. The highest BCUT2D eigenvalue weighted by molar-refractivity contribution is 9.10. The number of ether oxygens (including phenoxy) is 1. The maximum absolute atomic E-state index is 6.11. The summed E-state index contributed by atoms with van der Waals surface area (Å²) in [7, 11) is 1.98. The third-order valence-corrected chi connectivity index (χ3v) is 4.00. The number of rotatable bonds is 9. The number of aliphatic imine (C=N–C) groups is 1. The van der Waals surface area contributed by atoms with Gasteiger partial charge in [-0.15, -0.1) is 13.2 Å². The summed E-state index contributed by atoms with van der Waals surface area (Å²) in [5, 5.41) is 0. The maximum atomic E-state index is 6.11. The second kappa shape index (κ2) is 9.62. The van der Waals surface area contributed by atoms with Crippen LogP contribution in [0.5, 0.6) is 5.88 Å². The summed E-state index contributed by atoms with van der Waals surface area (Å²) in [5.74, 6) is 0.586. The molecule has 0 fully saturated rings. The van der Waals surface area contributed by atoms with Gasteiger partial charge in [-0.25, -0.2) is 9.98 Å². The van der Waals surface area contributed by atoms with E-state index < -0.39 is 0 Å². The maximum Gasteiger partial charge on any atom is 0.228 e. The topological polar surface area (TPSA) is 37.7 Å². The van der Waals surface area contributed by atoms with Crippen LogP contribution in [-0.2, 0) is 0 Å². The number of hydrogen-bond acceptors (Lipinski definition) is 3. The zero-order chi connectivity index (χ0) is 18.3. The molecule has 4 nitrogen and oxygen atoms in total. The molecule has 24 heavy (non-hydrogen) atoms. The first-order valence-electron chi connectivity index (χ1n) is 8.09. The fourth-order valence-electron chi connectivity index (χ4n) is 2.10. The number of nitrogens with zero attached hydrogens (tertiary/aromatic N) is 3. The molecule has 0 spiro atoms. The highest BCUT2D eigenvalue weighted by Gasteiger charge is 2.16. The largest absolute Gasteiger partial charge is 0.473 e. The van der Waals surface area contributed by atoms with E-state index in [1.165, 1.54) is 0 Å². The number of pyridine rings is 1. The highest BCUT2D eigenvalue weighted by Crippen LogP contribution is 2.31. The number of aryl methyl sites for hydroxylation is 1. The van der Waals surface area contributed by atoms with Gasteiger partial charge in [-0.1, -0.05) is 11.1 Å². The molecule has 0 atom stereocenters. The average Bonchev–Trinajstić information content (AvgIpc) is 2.47. The van der Waals surface area contributed by atoms with Crippen molar-refractivity contribution in [3.8, 4) is 5.88 Å². The second-order valence-corrected chi connectivity index (χ2v) is 7.11. The summed E-state index contributed by atoms with van der Waals surface area (Å²) in [4.78, 5) is 11.1. The smallest absolute Gasteiger partial charge is 0.228 e. The summed E-state index contributed by atoms with van der Waals surface area (Å²) in [6.45, 7) is 16.9. The molecule has 0 radical (unpaired) electrons. The highest BCUT2D eigenvalue weighted by atomic mass is 79.9. The van der Waals surface area contributed by atoms with E-state index in [1.54, 1.807) is 0 Å².